The molecule has 1 aromatic carbocycles. The summed E-state index contributed by atoms with van der Waals surface area (Å²) in [5, 5.41) is 4.06. The van der Waals surface area contributed by atoms with Crippen LogP contribution in [0.25, 0.3) is 0 Å². The van der Waals surface area contributed by atoms with Gasteiger partial charge in [-0.3, -0.25) is 0 Å². The van der Waals surface area contributed by atoms with Crippen molar-refractivity contribution in [3.8, 4) is 0 Å². The van der Waals surface area contributed by atoms with Gasteiger partial charge >= 0.3 is 5.97 Å². The zero-order chi connectivity index (χ0) is 19.9. The summed E-state index contributed by atoms with van der Waals surface area (Å²) >= 11 is 0. The van der Waals surface area contributed by atoms with E-state index in [1.807, 2.05) is 30.3 Å². The predicted molar refractivity (Wildman–Crippen MR) is 113 cm³/mol. The van der Waals surface area contributed by atoms with Gasteiger partial charge in [0.1, 0.15) is 6.10 Å². The van der Waals surface area contributed by atoms with Gasteiger partial charge in [0.15, 0.2) is 0 Å². The van der Waals surface area contributed by atoms with Crippen molar-refractivity contribution in [2.45, 2.75) is 103 Å². The Balaban J connectivity index is 2.27. The summed E-state index contributed by atoms with van der Waals surface area (Å²) in [6.45, 7) is 11.3. The highest BCUT2D eigenvalue weighted by Gasteiger charge is 2.50. The Morgan fingerprint density at radius 2 is 1.70 bits per heavy atom. The smallest absolute Gasteiger partial charge is 0.338 e. The lowest BCUT2D eigenvalue weighted by molar-refractivity contribution is -0.0585. The highest BCUT2D eigenvalue weighted by atomic mass is 16.5. The monoisotopic (exact) mass is 373 g/mol. The number of ether oxygens (including phenoxy) is 1. The number of benzene rings is 1. The first-order chi connectivity index (χ1) is 12.9. The molecule has 1 heterocycles. The molecule has 3 atom stereocenters. The van der Waals surface area contributed by atoms with E-state index in [2.05, 4.69) is 39.9 Å². The van der Waals surface area contributed by atoms with Crippen LogP contribution in [0, 0.1) is 5.92 Å². The van der Waals surface area contributed by atoms with Crippen LogP contribution in [0.3, 0.4) is 0 Å². The quantitative estimate of drug-likeness (QED) is 0.529. The van der Waals surface area contributed by atoms with Crippen molar-refractivity contribution in [2.24, 2.45) is 5.92 Å². The lowest BCUT2D eigenvalue weighted by atomic mass is 9.66. The molecule has 0 saturated carbocycles. The summed E-state index contributed by atoms with van der Waals surface area (Å²) in [7, 11) is 0. The summed E-state index contributed by atoms with van der Waals surface area (Å²) in [4.78, 5) is 12.8. The molecule has 2 rings (SSSR count). The molecule has 1 aliphatic rings. The van der Waals surface area contributed by atoms with Crippen molar-refractivity contribution < 1.29 is 9.53 Å². The average molecular weight is 374 g/mol. The number of nitrogens with one attached hydrogen (secondary N) is 1. The molecule has 3 nitrogen and oxygen atoms in total. The molecule has 0 bridgehead atoms. The van der Waals surface area contributed by atoms with E-state index < -0.39 is 0 Å². The number of carbonyl (C=O) groups is 1. The average Bonchev–Trinajstić information content (AvgIpc) is 2.69. The maximum Gasteiger partial charge on any atom is 0.338 e. The van der Waals surface area contributed by atoms with Gasteiger partial charge in [0.05, 0.1) is 5.56 Å². The van der Waals surface area contributed by atoms with E-state index in [1.165, 1.54) is 25.7 Å². The van der Waals surface area contributed by atoms with Crippen LogP contribution >= 0.6 is 0 Å². The molecule has 0 aromatic heterocycles. The van der Waals surface area contributed by atoms with Crippen LogP contribution in [0.15, 0.2) is 30.3 Å². The fourth-order valence-corrected chi connectivity index (χ4v) is 4.59. The molecule has 152 valence electrons. The van der Waals surface area contributed by atoms with Gasteiger partial charge in [0, 0.05) is 23.4 Å². The largest absolute Gasteiger partial charge is 0.458 e. The first-order valence-corrected chi connectivity index (χ1v) is 10.9. The van der Waals surface area contributed by atoms with E-state index in [-0.39, 0.29) is 23.2 Å². The van der Waals surface area contributed by atoms with Crippen molar-refractivity contribution in [3.63, 3.8) is 0 Å². The maximum absolute atomic E-state index is 12.8. The third-order valence-corrected chi connectivity index (χ3v) is 6.63. The van der Waals surface area contributed by atoms with E-state index in [0.29, 0.717) is 11.5 Å². The van der Waals surface area contributed by atoms with Crippen molar-refractivity contribution in [2.75, 3.05) is 0 Å². The Morgan fingerprint density at radius 3 is 2.22 bits per heavy atom. The fraction of sp³-hybridized carbons (Fsp3) is 0.708. The topological polar surface area (TPSA) is 38.3 Å². The van der Waals surface area contributed by atoms with Gasteiger partial charge in [-0.25, -0.2) is 4.79 Å². The molecule has 27 heavy (non-hydrogen) atoms. The minimum absolute atomic E-state index is 0.00955. The number of esters is 1. The third kappa shape index (κ3) is 5.34. The zero-order valence-corrected chi connectivity index (χ0v) is 18.0. The molecule has 1 aromatic rings. The zero-order valence-electron chi connectivity index (χ0n) is 18.0. The van der Waals surface area contributed by atoms with Gasteiger partial charge in [-0.1, -0.05) is 71.6 Å². The van der Waals surface area contributed by atoms with Crippen molar-refractivity contribution >= 4 is 5.97 Å². The van der Waals surface area contributed by atoms with Crippen LogP contribution in [0.4, 0.5) is 0 Å². The van der Waals surface area contributed by atoms with Gasteiger partial charge in [-0.2, -0.15) is 0 Å². The molecule has 0 spiro atoms. The van der Waals surface area contributed by atoms with Crippen molar-refractivity contribution in [1.29, 1.82) is 0 Å². The van der Waals surface area contributed by atoms with E-state index in [9.17, 15) is 4.79 Å². The predicted octanol–water partition coefficient (Wildman–Crippen LogP) is 6.13. The van der Waals surface area contributed by atoms with Crippen LogP contribution in [0.1, 0.15) is 96.3 Å². The highest BCUT2D eigenvalue weighted by molar-refractivity contribution is 5.89. The maximum atomic E-state index is 12.8. The SMILES string of the molecule is CCCCC1(CCCC)NC(C)(CC)CC(OC(=O)c2ccccc2)C1C. The second kappa shape index (κ2) is 9.73. The Labute approximate surface area is 166 Å². The van der Waals surface area contributed by atoms with Gasteiger partial charge in [0.25, 0.3) is 0 Å². The molecule has 3 heteroatoms. The minimum atomic E-state index is -0.187. The Hall–Kier alpha value is -1.35. The number of rotatable bonds is 9. The van der Waals surface area contributed by atoms with Crippen LogP contribution in [0.5, 0.6) is 0 Å². The van der Waals surface area contributed by atoms with Gasteiger partial charge in [-0.15, -0.1) is 0 Å². The number of piperidine rings is 1. The van der Waals surface area contributed by atoms with Gasteiger partial charge < -0.3 is 10.1 Å². The number of unbranched alkanes of at least 4 members (excludes halogenated alkanes) is 2. The van der Waals surface area contributed by atoms with Gasteiger partial charge in [0.2, 0.25) is 0 Å². The van der Waals surface area contributed by atoms with Crippen LogP contribution < -0.4 is 5.32 Å². The molecule has 0 radical (unpaired) electrons. The lowest BCUT2D eigenvalue weighted by Crippen LogP contribution is -2.67. The summed E-state index contributed by atoms with van der Waals surface area (Å²) in [5.74, 6) is 0.121. The fourth-order valence-electron chi connectivity index (χ4n) is 4.59. The molecule has 0 aliphatic carbocycles. The van der Waals surface area contributed by atoms with Crippen molar-refractivity contribution in [1.82, 2.24) is 5.32 Å². The molecule has 1 saturated heterocycles. The summed E-state index contributed by atoms with van der Waals surface area (Å²) in [6.07, 6.45) is 8.99. The van der Waals surface area contributed by atoms with Crippen LogP contribution in [0.2, 0.25) is 0 Å². The van der Waals surface area contributed by atoms with E-state index in [0.717, 1.165) is 25.7 Å². The number of hydrogen-bond donors (Lipinski definition) is 1. The Morgan fingerprint density at radius 1 is 1.11 bits per heavy atom. The number of hydrogen-bond acceptors (Lipinski definition) is 3. The summed E-state index contributed by atoms with van der Waals surface area (Å²) in [5.41, 5.74) is 0.709. The Bertz CT molecular complexity index is 577. The van der Waals surface area contributed by atoms with E-state index in [4.69, 9.17) is 4.74 Å². The first kappa shape index (κ1) is 21.9. The van der Waals surface area contributed by atoms with E-state index >= 15 is 0 Å². The van der Waals surface area contributed by atoms with E-state index in [1.54, 1.807) is 0 Å². The second-order valence-corrected chi connectivity index (χ2v) is 8.71. The van der Waals surface area contributed by atoms with Crippen LogP contribution in [-0.4, -0.2) is 23.2 Å². The molecule has 0 amide bonds. The molecule has 1 fully saturated rings. The molecular weight excluding hydrogens is 334 g/mol. The molecule has 3 unspecified atom stereocenters. The third-order valence-electron chi connectivity index (χ3n) is 6.63. The normalized spacial score (nSPS) is 27.3. The van der Waals surface area contributed by atoms with Crippen molar-refractivity contribution in [3.05, 3.63) is 35.9 Å². The Kier molecular flexibility index (Phi) is 7.91. The molecule has 1 aliphatic heterocycles. The standard InChI is InChI=1S/C24H39NO2/c1-6-9-16-24(17-10-7-2)19(4)21(18-23(5,8-3)25-24)27-22(26)20-14-12-11-13-15-20/h11-15,19,21,25H,6-10,16-18H2,1-5H3. The first-order valence-electron chi connectivity index (χ1n) is 10.9. The number of carbonyl (C=O) groups excluding carboxylic acids is 1. The van der Waals surface area contributed by atoms with Crippen LogP contribution in [-0.2, 0) is 4.74 Å². The summed E-state index contributed by atoms with van der Waals surface area (Å²) < 4.78 is 6.12. The van der Waals surface area contributed by atoms with Gasteiger partial charge in [-0.05, 0) is 38.3 Å². The highest BCUT2D eigenvalue weighted by Crippen LogP contribution is 2.42. The molecule has 1 N–H and O–H groups in total. The second-order valence-electron chi connectivity index (χ2n) is 8.71. The lowest BCUT2D eigenvalue weighted by Gasteiger charge is -2.55. The molecular formula is C24H39NO2. The summed E-state index contributed by atoms with van der Waals surface area (Å²) in [6, 6.07) is 9.40. The minimum Gasteiger partial charge on any atom is -0.458 e.